The molecule has 3 nitrogen and oxygen atoms in total. The second-order valence-electron chi connectivity index (χ2n) is 4.78. The van der Waals surface area contributed by atoms with Crippen molar-refractivity contribution in [3.63, 3.8) is 0 Å². The van der Waals surface area contributed by atoms with Crippen LogP contribution in [0.25, 0.3) is 0 Å². The average molecular weight is 268 g/mol. The minimum Gasteiger partial charge on any atom is -0.478 e. The van der Waals surface area contributed by atoms with Crippen LogP contribution < -0.4 is 9.64 Å². The number of benzene rings is 1. The monoisotopic (exact) mass is 267 g/mol. The second-order valence-corrected chi connectivity index (χ2v) is 4.78. The van der Waals surface area contributed by atoms with E-state index in [4.69, 9.17) is 4.74 Å². The first kappa shape index (κ1) is 13.2. The zero-order chi connectivity index (χ0) is 12.0. The molecule has 0 radical (unpaired) electrons. The molecule has 1 aromatic carbocycles. The molecule has 1 spiro atoms. The number of carbonyl (C=O) groups is 1. The quantitative estimate of drug-likeness (QED) is 0.843. The van der Waals surface area contributed by atoms with Gasteiger partial charge in [-0.15, -0.1) is 12.4 Å². The van der Waals surface area contributed by atoms with Gasteiger partial charge in [0.2, 0.25) is 5.78 Å². The molecule has 4 heteroatoms. The predicted octanol–water partition coefficient (Wildman–Crippen LogP) is 3.06. The van der Waals surface area contributed by atoms with Crippen LogP contribution in [0.5, 0.6) is 5.75 Å². The molecule has 18 heavy (non-hydrogen) atoms. The lowest BCUT2D eigenvalue weighted by Crippen LogP contribution is -2.23. The smallest absolute Gasteiger partial charge is 0.210 e. The molecule has 3 rings (SSSR count). The lowest BCUT2D eigenvalue weighted by Gasteiger charge is -2.21. The summed E-state index contributed by atoms with van der Waals surface area (Å²) < 4.78 is 5.75. The van der Waals surface area contributed by atoms with Crippen LogP contribution in [-0.2, 0) is 0 Å². The predicted molar refractivity (Wildman–Crippen MR) is 74.2 cm³/mol. The summed E-state index contributed by atoms with van der Waals surface area (Å²) in [7, 11) is 0. The molecule has 0 atom stereocenters. The fourth-order valence-corrected chi connectivity index (χ4v) is 2.51. The molecule has 0 aromatic heterocycles. The third-order valence-corrected chi connectivity index (χ3v) is 3.76. The van der Waals surface area contributed by atoms with Crippen molar-refractivity contribution in [2.75, 3.05) is 18.0 Å². The van der Waals surface area contributed by atoms with Crippen LogP contribution in [0.3, 0.4) is 0 Å². The summed E-state index contributed by atoms with van der Waals surface area (Å²) in [6.45, 7) is 6.15. The Morgan fingerprint density at radius 3 is 2.50 bits per heavy atom. The van der Waals surface area contributed by atoms with E-state index in [9.17, 15) is 4.79 Å². The van der Waals surface area contributed by atoms with Crippen LogP contribution in [0.2, 0.25) is 0 Å². The number of fused-ring (bicyclic) bond motifs is 1. The highest BCUT2D eigenvalue weighted by Gasteiger charge is 2.57. The van der Waals surface area contributed by atoms with Gasteiger partial charge in [-0.1, -0.05) is 0 Å². The first-order valence-electron chi connectivity index (χ1n) is 6.33. The van der Waals surface area contributed by atoms with Crippen LogP contribution >= 0.6 is 12.4 Å². The summed E-state index contributed by atoms with van der Waals surface area (Å²) in [6, 6.07) is 5.96. The van der Waals surface area contributed by atoms with E-state index < -0.39 is 5.60 Å². The van der Waals surface area contributed by atoms with Crippen molar-refractivity contribution in [2.24, 2.45) is 0 Å². The van der Waals surface area contributed by atoms with Gasteiger partial charge in [0.05, 0.1) is 5.56 Å². The lowest BCUT2D eigenvalue weighted by atomic mass is 10.1. The van der Waals surface area contributed by atoms with Crippen LogP contribution in [0, 0.1) is 0 Å². The number of carbonyl (C=O) groups excluding carboxylic acids is 1. The van der Waals surface area contributed by atoms with E-state index in [1.807, 2.05) is 18.2 Å². The zero-order valence-corrected chi connectivity index (χ0v) is 11.5. The molecule has 0 saturated heterocycles. The van der Waals surface area contributed by atoms with Gasteiger partial charge in [0.1, 0.15) is 5.75 Å². The van der Waals surface area contributed by atoms with Gasteiger partial charge in [-0.25, -0.2) is 0 Å². The van der Waals surface area contributed by atoms with E-state index in [0.29, 0.717) is 0 Å². The SMILES string of the molecule is CCN(CC)c1ccc2c(c1)C(=O)C1(CC1)O2.Cl. The molecule has 1 heterocycles. The van der Waals surface area contributed by atoms with Gasteiger partial charge in [0.15, 0.2) is 5.60 Å². The van der Waals surface area contributed by atoms with E-state index in [1.54, 1.807) is 0 Å². The number of ether oxygens (including phenoxy) is 1. The normalized spacial score (nSPS) is 18.0. The van der Waals surface area contributed by atoms with E-state index in [2.05, 4.69) is 18.7 Å². The summed E-state index contributed by atoms with van der Waals surface area (Å²) >= 11 is 0. The summed E-state index contributed by atoms with van der Waals surface area (Å²) in [6.07, 6.45) is 1.75. The maximum Gasteiger partial charge on any atom is 0.210 e. The second kappa shape index (κ2) is 4.47. The number of halogens is 1. The van der Waals surface area contributed by atoms with Crippen molar-refractivity contribution in [3.05, 3.63) is 23.8 Å². The summed E-state index contributed by atoms with van der Waals surface area (Å²) in [4.78, 5) is 14.4. The third-order valence-electron chi connectivity index (χ3n) is 3.76. The molecule has 1 fully saturated rings. The summed E-state index contributed by atoms with van der Waals surface area (Å²) in [5.74, 6) is 0.949. The molecule has 1 aliphatic carbocycles. The molecule has 0 bridgehead atoms. The minimum absolute atomic E-state index is 0. The Labute approximate surface area is 114 Å². The van der Waals surface area contributed by atoms with E-state index in [1.165, 1.54) is 0 Å². The van der Waals surface area contributed by atoms with E-state index >= 15 is 0 Å². The Kier molecular flexibility index (Phi) is 3.28. The van der Waals surface area contributed by atoms with Gasteiger partial charge in [-0.3, -0.25) is 4.79 Å². The third kappa shape index (κ3) is 1.77. The Bertz CT molecular complexity index is 479. The maximum absolute atomic E-state index is 12.2. The number of rotatable bonds is 3. The van der Waals surface area contributed by atoms with E-state index in [0.717, 1.165) is 42.9 Å². The average Bonchev–Trinajstić information content (AvgIpc) is 3.06. The van der Waals surface area contributed by atoms with Crippen molar-refractivity contribution in [2.45, 2.75) is 32.3 Å². The molecule has 0 unspecified atom stereocenters. The molecule has 2 aliphatic rings. The Morgan fingerprint density at radius 1 is 1.28 bits per heavy atom. The van der Waals surface area contributed by atoms with Crippen LogP contribution in [0.15, 0.2) is 18.2 Å². The fourth-order valence-electron chi connectivity index (χ4n) is 2.51. The molecule has 0 N–H and O–H groups in total. The Balaban J connectivity index is 0.00000120. The minimum atomic E-state index is -0.468. The van der Waals surface area contributed by atoms with Crippen molar-refractivity contribution < 1.29 is 9.53 Å². The molecule has 1 saturated carbocycles. The van der Waals surface area contributed by atoms with Gasteiger partial charge in [0, 0.05) is 18.8 Å². The molecular formula is C14H18ClNO2. The van der Waals surface area contributed by atoms with Crippen molar-refractivity contribution in [1.82, 2.24) is 0 Å². The number of anilines is 1. The van der Waals surface area contributed by atoms with Crippen LogP contribution in [-0.4, -0.2) is 24.5 Å². The molecular weight excluding hydrogens is 250 g/mol. The molecule has 1 aromatic rings. The highest BCUT2D eigenvalue weighted by atomic mass is 35.5. The van der Waals surface area contributed by atoms with Crippen molar-refractivity contribution >= 4 is 23.9 Å². The number of Topliss-reactive ketones (excluding diaryl/α,β-unsaturated/α-hetero) is 1. The first-order chi connectivity index (χ1) is 8.20. The largest absolute Gasteiger partial charge is 0.478 e. The first-order valence-corrected chi connectivity index (χ1v) is 6.33. The molecule has 0 amide bonds. The van der Waals surface area contributed by atoms with Crippen molar-refractivity contribution in [1.29, 1.82) is 0 Å². The summed E-state index contributed by atoms with van der Waals surface area (Å²) in [5, 5.41) is 0. The zero-order valence-electron chi connectivity index (χ0n) is 10.7. The Hall–Kier alpha value is -1.22. The highest BCUT2D eigenvalue weighted by molar-refractivity contribution is 6.09. The van der Waals surface area contributed by atoms with E-state index in [-0.39, 0.29) is 18.2 Å². The number of hydrogen-bond acceptors (Lipinski definition) is 3. The molecule has 98 valence electrons. The van der Waals surface area contributed by atoms with Gasteiger partial charge in [-0.05, 0) is 44.9 Å². The summed E-state index contributed by atoms with van der Waals surface area (Å²) in [5.41, 5.74) is 1.42. The number of ketones is 1. The maximum atomic E-state index is 12.2. The van der Waals surface area contributed by atoms with Crippen LogP contribution in [0.4, 0.5) is 5.69 Å². The number of nitrogens with zero attached hydrogens (tertiary/aromatic N) is 1. The molecule has 1 aliphatic heterocycles. The van der Waals surface area contributed by atoms with Gasteiger partial charge in [-0.2, -0.15) is 0 Å². The van der Waals surface area contributed by atoms with Gasteiger partial charge >= 0.3 is 0 Å². The highest BCUT2D eigenvalue weighted by Crippen LogP contribution is 2.50. The number of hydrogen-bond donors (Lipinski definition) is 0. The topological polar surface area (TPSA) is 29.5 Å². The van der Waals surface area contributed by atoms with Crippen molar-refractivity contribution in [3.8, 4) is 5.75 Å². The lowest BCUT2D eigenvalue weighted by molar-refractivity contribution is 0.0820. The van der Waals surface area contributed by atoms with Gasteiger partial charge < -0.3 is 9.64 Å². The Morgan fingerprint density at radius 2 is 1.94 bits per heavy atom. The fraction of sp³-hybridized carbons (Fsp3) is 0.500. The van der Waals surface area contributed by atoms with Crippen LogP contribution in [0.1, 0.15) is 37.0 Å². The van der Waals surface area contributed by atoms with Gasteiger partial charge in [0.25, 0.3) is 0 Å². The standard InChI is InChI=1S/C14H17NO2.ClH/c1-3-15(4-2)10-5-6-12-11(9-10)13(16)14(17-12)7-8-14;/h5-6,9H,3-4,7-8H2,1-2H3;1H.